The molecule has 0 aromatic heterocycles. The van der Waals surface area contributed by atoms with Gasteiger partial charge in [0.15, 0.2) is 0 Å². The van der Waals surface area contributed by atoms with E-state index in [1.807, 2.05) is 30.3 Å². The summed E-state index contributed by atoms with van der Waals surface area (Å²) >= 11 is 1.43. The molecule has 16 heavy (non-hydrogen) atoms. The van der Waals surface area contributed by atoms with Crippen molar-refractivity contribution in [2.45, 2.75) is 42.0 Å². The number of ether oxygens (including phenoxy) is 1. The Labute approximate surface area is 99.4 Å². The zero-order valence-corrected chi connectivity index (χ0v) is 10.1. The van der Waals surface area contributed by atoms with E-state index in [1.165, 1.54) is 11.8 Å². The minimum Gasteiger partial charge on any atom is -0.387 e. The highest BCUT2D eigenvalue weighted by Crippen LogP contribution is 2.40. The van der Waals surface area contributed by atoms with Gasteiger partial charge in [0.1, 0.15) is 17.1 Å². The summed E-state index contributed by atoms with van der Waals surface area (Å²) in [6.45, 7) is 3.38. The molecule has 3 nitrogen and oxygen atoms in total. The van der Waals surface area contributed by atoms with Crippen molar-refractivity contribution in [2.24, 2.45) is 0 Å². The van der Waals surface area contributed by atoms with Crippen molar-refractivity contribution in [1.29, 1.82) is 0 Å². The highest BCUT2D eigenvalue weighted by atomic mass is 32.2. The van der Waals surface area contributed by atoms with Gasteiger partial charge in [-0.2, -0.15) is 0 Å². The van der Waals surface area contributed by atoms with Gasteiger partial charge in [0, 0.05) is 4.90 Å². The first-order chi connectivity index (χ1) is 7.51. The zero-order chi connectivity index (χ0) is 11.8. The van der Waals surface area contributed by atoms with Crippen molar-refractivity contribution in [3.8, 4) is 0 Å². The molecular weight excluding hydrogens is 224 g/mol. The van der Waals surface area contributed by atoms with Gasteiger partial charge in [-0.25, -0.2) is 0 Å². The Morgan fingerprint density at radius 1 is 1.31 bits per heavy atom. The molecule has 1 heterocycles. The van der Waals surface area contributed by atoms with Crippen molar-refractivity contribution >= 4 is 11.8 Å². The van der Waals surface area contributed by atoms with Crippen molar-refractivity contribution in [1.82, 2.24) is 0 Å². The van der Waals surface area contributed by atoms with Crippen LogP contribution in [-0.2, 0) is 4.74 Å². The van der Waals surface area contributed by atoms with Crippen LogP contribution >= 0.6 is 11.8 Å². The smallest absolute Gasteiger partial charge is 0.139 e. The summed E-state index contributed by atoms with van der Waals surface area (Å²) in [5.74, 6) is 0. The van der Waals surface area contributed by atoms with Crippen LogP contribution in [0.5, 0.6) is 0 Å². The number of thioether (sulfide) groups is 1. The van der Waals surface area contributed by atoms with E-state index < -0.39 is 17.1 Å². The second kappa shape index (κ2) is 4.37. The number of aliphatic hydroxyl groups excluding tert-OH is 1. The lowest BCUT2D eigenvalue weighted by molar-refractivity contribution is -0.0397. The third-order valence-electron chi connectivity index (χ3n) is 2.85. The lowest BCUT2D eigenvalue weighted by Crippen LogP contribution is -2.43. The van der Waals surface area contributed by atoms with Crippen LogP contribution in [0.15, 0.2) is 35.2 Å². The van der Waals surface area contributed by atoms with Gasteiger partial charge in [-0.05, 0) is 26.0 Å². The number of hydrogen-bond acceptors (Lipinski definition) is 4. The molecule has 1 saturated heterocycles. The van der Waals surface area contributed by atoms with Crippen LogP contribution < -0.4 is 0 Å². The van der Waals surface area contributed by atoms with Crippen LogP contribution in [0.25, 0.3) is 0 Å². The van der Waals surface area contributed by atoms with Crippen LogP contribution in [-0.4, -0.2) is 33.5 Å². The van der Waals surface area contributed by atoms with Gasteiger partial charge in [-0.3, -0.25) is 0 Å². The molecule has 0 aliphatic carbocycles. The Morgan fingerprint density at radius 2 is 1.94 bits per heavy atom. The topological polar surface area (TPSA) is 49.7 Å². The van der Waals surface area contributed by atoms with Gasteiger partial charge < -0.3 is 14.9 Å². The molecule has 4 unspecified atom stereocenters. The summed E-state index contributed by atoms with van der Waals surface area (Å²) < 4.78 is 5.56. The van der Waals surface area contributed by atoms with E-state index in [1.54, 1.807) is 13.8 Å². The normalized spacial score (nSPS) is 38.9. The summed E-state index contributed by atoms with van der Waals surface area (Å²) in [4.78, 5) is 1.02. The lowest BCUT2D eigenvalue weighted by Gasteiger charge is -2.25. The molecule has 2 N–H and O–H groups in total. The van der Waals surface area contributed by atoms with Gasteiger partial charge in [-0.15, -0.1) is 0 Å². The van der Waals surface area contributed by atoms with Crippen molar-refractivity contribution < 1.29 is 14.9 Å². The molecule has 1 aliphatic heterocycles. The largest absolute Gasteiger partial charge is 0.387 e. The second-order valence-corrected chi connectivity index (χ2v) is 5.41. The third-order valence-corrected chi connectivity index (χ3v) is 4.19. The fraction of sp³-hybridized carbons (Fsp3) is 0.500. The van der Waals surface area contributed by atoms with Gasteiger partial charge in [-0.1, -0.05) is 30.0 Å². The van der Waals surface area contributed by atoms with Crippen LogP contribution in [0, 0.1) is 0 Å². The molecule has 1 aromatic rings. The Hall–Kier alpha value is -0.550. The fourth-order valence-electron chi connectivity index (χ4n) is 1.79. The molecule has 0 saturated carbocycles. The summed E-state index contributed by atoms with van der Waals surface area (Å²) in [6, 6.07) is 9.73. The molecule has 0 amide bonds. The Bertz CT molecular complexity index is 353. The van der Waals surface area contributed by atoms with E-state index in [4.69, 9.17) is 4.74 Å². The number of hydrogen-bond donors (Lipinski definition) is 2. The average molecular weight is 240 g/mol. The first kappa shape index (κ1) is 11.9. The van der Waals surface area contributed by atoms with E-state index in [2.05, 4.69) is 0 Å². The van der Waals surface area contributed by atoms with Crippen LogP contribution in [0.3, 0.4) is 0 Å². The van der Waals surface area contributed by atoms with E-state index in [-0.39, 0.29) is 6.10 Å². The Balaban J connectivity index is 2.12. The van der Waals surface area contributed by atoms with Gasteiger partial charge in [0.05, 0.1) is 6.10 Å². The Morgan fingerprint density at radius 3 is 2.44 bits per heavy atom. The van der Waals surface area contributed by atoms with Gasteiger partial charge in [0.25, 0.3) is 0 Å². The van der Waals surface area contributed by atoms with Crippen LogP contribution in [0.1, 0.15) is 13.8 Å². The zero-order valence-electron chi connectivity index (χ0n) is 9.33. The first-order valence-electron chi connectivity index (χ1n) is 5.29. The second-order valence-electron chi connectivity index (χ2n) is 4.27. The van der Waals surface area contributed by atoms with Gasteiger partial charge >= 0.3 is 0 Å². The maximum absolute atomic E-state index is 10.2. The van der Waals surface area contributed by atoms with Crippen molar-refractivity contribution in [3.63, 3.8) is 0 Å². The van der Waals surface area contributed by atoms with Crippen molar-refractivity contribution in [3.05, 3.63) is 30.3 Å². The third kappa shape index (κ3) is 2.11. The summed E-state index contributed by atoms with van der Waals surface area (Å²) in [6.07, 6.45) is -1.18. The molecule has 88 valence electrons. The maximum atomic E-state index is 10.2. The average Bonchev–Trinajstić information content (AvgIpc) is 2.45. The maximum Gasteiger partial charge on any atom is 0.139 e. The summed E-state index contributed by atoms with van der Waals surface area (Å²) in [7, 11) is 0. The fourth-order valence-corrected chi connectivity index (χ4v) is 2.96. The van der Waals surface area contributed by atoms with E-state index in [9.17, 15) is 10.2 Å². The standard InChI is InChI=1S/C12H16O3S/c1-8-10(13)12(2,14)11(15-8)16-9-6-4-3-5-7-9/h3-8,10-11,13-14H,1-2H3. The number of rotatable bonds is 2. The Kier molecular flexibility index (Phi) is 3.26. The van der Waals surface area contributed by atoms with Crippen LogP contribution in [0.4, 0.5) is 0 Å². The first-order valence-corrected chi connectivity index (χ1v) is 6.17. The molecule has 1 fully saturated rings. The molecule has 1 aliphatic rings. The molecule has 0 spiro atoms. The monoisotopic (exact) mass is 240 g/mol. The summed E-state index contributed by atoms with van der Waals surface area (Å²) in [5, 5.41) is 19.9. The molecule has 4 heteroatoms. The SMILES string of the molecule is CC1OC(Sc2ccccc2)C(C)(O)C1O. The number of benzene rings is 1. The summed E-state index contributed by atoms with van der Waals surface area (Å²) in [5.41, 5.74) is -1.64. The molecule has 0 radical (unpaired) electrons. The van der Waals surface area contributed by atoms with Crippen LogP contribution in [0.2, 0.25) is 0 Å². The lowest BCUT2D eigenvalue weighted by atomic mass is 10.00. The van der Waals surface area contributed by atoms with E-state index >= 15 is 0 Å². The number of aliphatic hydroxyl groups is 2. The molecule has 4 atom stereocenters. The van der Waals surface area contributed by atoms with E-state index in [0.717, 1.165) is 4.90 Å². The highest BCUT2D eigenvalue weighted by molar-refractivity contribution is 7.99. The quantitative estimate of drug-likeness (QED) is 0.825. The minimum atomic E-state index is -1.21. The molecule has 1 aromatic carbocycles. The molecule has 0 bridgehead atoms. The van der Waals surface area contributed by atoms with Crippen molar-refractivity contribution in [2.75, 3.05) is 0 Å². The van der Waals surface area contributed by atoms with E-state index in [0.29, 0.717) is 0 Å². The minimum absolute atomic E-state index is 0.337. The highest BCUT2D eigenvalue weighted by Gasteiger charge is 2.50. The molecular formula is C12H16O3S. The van der Waals surface area contributed by atoms with Gasteiger partial charge in [0.2, 0.25) is 0 Å². The predicted molar refractivity (Wildman–Crippen MR) is 63.3 cm³/mol. The predicted octanol–water partition coefficient (Wildman–Crippen LogP) is 1.64. The molecule has 2 rings (SSSR count).